The Kier molecular flexibility index (Phi) is 8.69. The summed E-state index contributed by atoms with van der Waals surface area (Å²) in [5, 5.41) is 14.6. The van der Waals surface area contributed by atoms with Crippen molar-refractivity contribution in [2.75, 3.05) is 33.4 Å². The van der Waals surface area contributed by atoms with E-state index in [9.17, 15) is 4.79 Å². The predicted octanol–water partition coefficient (Wildman–Crippen LogP) is 1.89. The average Bonchev–Trinajstić information content (AvgIpc) is 3.09. The van der Waals surface area contributed by atoms with Gasteiger partial charge in [-0.3, -0.25) is 4.79 Å². The number of halogens is 1. The van der Waals surface area contributed by atoms with Crippen molar-refractivity contribution in [3.63, 3.8) is 0 Å². The number of amides is 1. The topological polar surface area (TPSA) is 90.3 Å². The number of methoxy groups -OCH3 is 1. The van der Waals surface area contributed by atoms with Gasteiger partial charge in [0.2, 0.25) is 0 Å². The van der Waals surface area contributed by atoms with Crippen LogP contribution in [0.1, 0.15) is 40.6 Å². The number of rotatable bonds is 8. The summed E-state index contributed by atoms with van der Waals surface area (Å²) in [6, 6.07) is 7.95. The molecular formula is C19H28ClN5O3. The Morgan fingerprint density at radius 3 is 2.86 bits per heavy atom. The van der Waals surface area contributed by atoms with E-state index in [1.807, 2.05) is 35.9 Å². The van der Waals surface area contributed by atoms with Crippen molar-refractivity contribution in [2.24, 2.45) is 0 Å². The summed E-state index contributed by atoms with van der Waals surface area (Å²) < 4.78 is 12.5. The first-order chi connectivity index (χ1) is 13.2. The number of carbonyl (C=O) groups is 1. The molecule has 28 heavy (non-hydrogen) atoms. The van der Waals surface area contributed by atoms with Crippen molar-refractivity contribution < 1.29 is 14.3 Å². The minimum Gasteiger partial charge on any atom is -0.491 e. The van der Waals surface area contributed by atoms with Gasteiger partial charge in [-0.1, -0.05) is 17.3 Å². The lowest BCUT2D eigenvalue weighted by molar-refractivity contribution is 0.0945. The van der Waals surface area contributed by atoms with Crippen LogP contribution in [-0.2, 0) is 11.3 Å². The van der Waals surface area contributed by atoms with Crippen molar-refractivity contribution in [2.45, 2.75) is 32.4 Å². The van der Waals surface area contributed by atoms with Crippen molar-refractivity contribution in [1.82, 2.24) is 25.6 Å². The number of piperidine rings is 1. The van der Waals surface area contributed by atoms with Crippen LogP contribution in [0.2, 0.25) is 0 Å². The molecule has 0 radical (unpaired) electrons. The number of nitrogens with zero attached hydrogens (tertiary/aromatic N) is 3. The van der Waals surface area contributed by atoms with Crippen LogP contribution in [0.25, 0.3) is 0 Å². The Balaban J connectivity index is 0.00000280. The van der Waals surface area contributed by atoms with Crippen LogP contribution < -0.4 is 15.4 Å². The van der Waals surface area contributed by atoms with E-state index in [0.717, 1.165) is 42.9 Å². The number of hydrogen-bond acceptors (Lipinski definition) is 6. The molecule has 8 nitrogen and oxygen atoms in total. The summed E-state index contributed by atoms with van der Waals surface area (Å²) in [6.07, 6.45) is 2.00. The highest BCUT2D eigenvalue weighted by Crippen LogP contribution is 2.20. The molecule has 1 amide bonds. The molecule has 154 valence electrons. The third-order valence-electron chi connectivity index (χ3n) is 4.70. The lowest BCUT2D eigenvalue weighted by atomic mass is 10.1. The van der Waals surface area contributed by atoms with E-state index in [4.69, 9.17) is 9.47 Å². The first-order valence-electron chi connectivity index (χ1n) is 9.30. The van der Waals surface area contributed by atoms with E-state index in [2.05, 4.69) is 20.9 Å². The quantitative estimate of drug-likeness (QED) is 0.647. The van der Waals surface area contributed by atoms with Gasteiger partial charge in [-0.2, -0.15) is 0 Å². The normalized spacial score (nSPS) is 14.4. The summed E-state index contributed by atoms with van der Waals surface area (Å²) in [5.74, 6) is 0.547. The summed E-state index contributed by atoms with van der Waals surface area (Å²) >= 11 is 0. The van der Waals surface area contributed by atoms with Gasteiger partial charge in [0.1, 0.15) is 12.4 Å². The Morgan fingerprint density at radius 2 is 2.11 bits per heavy atom. The maximum absolute atomic E-state index is 12.5. The van der Waals surface area contributed by atoms with Gasteiger partial charge in [0.05, 0.1) is 18.3 Å². The van der Waals surface area contributed by atoms with Crippen LogP contribution in [0, 0.1) is 6.92 Å². The smallest absolute Gasteiger partial charge is 0.274 e. The number of hydrogen-bond donors (Lipinski definition) is 2. The van der Waals surface area contributed by atoms with Crippen molar-refractivity contribution >= 4 is 18.3 Å². The van der Waals surface area contributed by atoms with Crippen molar-refractivity contribution in [3.05, 3.63) is 41.2 Å². The molecule has 3 rings (SSSR count). The highest BCUT2D eigenvalue weighted by atomic mass is 35.5. The Labute approximate surface area is 171 Å². The molecule has 1 aliphatic heterocycles. The Hall–Kier alpha value is -2.16. The van der Waals surface area contributed by atoms with Crippen LogP contribution in [0.15, 0.2) is 24.3 Å². The minimum atomic E-state index is -0.210. The monoisotopic (exact) mass is 409 g/mol. The molecule has 1 aromatic carbocycles. The Bertz CT molecular complexity index is 762. The van der Waals surface area contributed by atoms with Gasteiger partial charge in [0.25, 0.3) is 5.91 Å². The molecular weight excluding hydrogens is 382 g/mol. The van der Waals surface area contributed by atoms with Gasteiger partial charge in [-0.15, -0.1) is 17.5 Å². The summed E-state index contributed by atoms with van der Waals surface area (Å²) in [4.78, 5) is 12.5. The van der Waals surface area contributed by atoms with E-state index in [1.54, 1.807) is 7.11 Å². The molecule has 2 aromatic rings. The fourth-order valence-corrected chi connectivity index (χ4v) is 3.20. The molecule has 1 saturated heterocycles. The van der Waals surface area contributed by atoms with Gasteiger partial charge in [0.15, 0.2) is 5.69 Å². The second kappa shape index (κ2) is 11.0. The van der Waals surface area contributed by atoms with Crippen molar-refractivity contribution in [1.29, 1.82) is 0 Å². The number of benzene rings is 1. The molecule has 9 heteroatoms. The number of ether oxygens (including phenoxy) is 2. The first kappa shape index (κ1) is 22.1. The van der Waals surface area contributed by atoms with E-state index < -0.39 is 0 Å². The van der Waals surface area contributed by atoms with Crippen molar-refractivity contribution in [3.8, 4) is 5.75 Å². The highest BCUT2D eigenvalue weighted by molar-refractivity contribution is 5.93. The third kappa shape index (κ3) is 5.67. The molecule has 0 saturated carbocycles. The fourth-order valence-electron chi connectivity index (χ4n) is 3.20. The molecule has 0 atom stereocenters. The van der Waals surface area contributed by atoms with Gasteiger partial charge < -0.3 is 20.1 Å². The molecule has 2 heterocycles. The van der Waals surface area contributed by atoms with E-state index in [1.165, 1.54) is 0 Å². The molecule has 1 aliphatic rings. The zero-order valence-electron chi connectivity index (χ0n) is 16.3. The van der Waals surface area contributed by atoms with E-state index in [0.29, 0.717) is 31.5 Å². The Morgan fingerprint density at radius 1 is 1.32 bits per heavy atom. The van der Waals surface area contributed by atoms with Crippen LogP contribution in [0.5, 0.6) is 5.75 Å². The highest BCUT2D eigenvalue weighted by Gasteiger charge is 2.22. The second-order valence-electron chi connectivity index (χ2n) is 6.62. The maximum atomic E-state index is 12.5. The average molecular weight is 410 g/mol. The summed E-state index contributed by atoms with van der Waals surface area (Å²) in [7, 11) is 1.64. The third-order valence-corrected chi connectivity index (χ3v) is 4.70. The number of aromatic nitrogens is 3. The summed E-state index contributed by atoms with van der Waals surface area (Å²) in [6.45, 7) is 5.27. The fraction of sp³-hybridized carbons (Fsp3) is 0.526. The molecule has 0 bridgehead atoms. The van der Waals surface area contributed by atoms with Crippen LogP contribution in [-0.4, -0.2) is 54.3 Å². The predicted molar refractivity (Wildman–Crippen MR) is 108 cm³/mol. The number of carbonyl (C=O) groups excluding carboxylic acids is 1. The first-order valence-corrected chi connectivity index (χ1v) is 9.30. The van der Waals surface area contributed by atoms with E-state index >= 15 is 0 Å². The van der Waals surface area contributed by atoms with Crippen LogP contribution in [0.3, 0.4) is 0 Å². The molecule has 2 N–H and O–H groups in total. The maximum Gasteiger partial charge on any atom is 0.274 e. The number of nitrogens with one attached hydrogen (secondary N) is 2. The zero-order valence-corrected chi connectivity index (χ0v) is 17.1. The lowest BCUT2D eigenvalue weighted by Gasteiger charge is -2.23. The summed E-state index contributed by atoms with van der Waals surface area (Å²) in [5.41, 5.74) is 2.17. The second-order valence-corrected chi connectivity index (χ2v) is 6.62. The molecule has 0 unspecified atom stereocenters. The molecule has 1 aromatic heterocycles. The molecule has 1 fully saturated rings. The van der Waals surface area contributed by atoms with Gasteiger partial charge >= 0.3 is 0 Å². The molecule has 0 aliphatic carbocycles. The largest absolute Gasteiger partial charge is 0.491 e. The van der Waals surface area contributed by atoms with Crippen LogP contribution >= 0.6 is 12.4 Å². The standard InChI is InChI=1S/C19H27N5O3.ClH/c1-14-18(22-23-24(14)16-6-8-20-9-7-16)19(25)21-13-15-4-3-5-17(12-15)27-11-10-26-2;/h3-5,12,16,20H,6-11,13H2,1-2H3,(H,21,25);1H. The zero-order chi connectivity index (χ0) is 19.1. The lowest BCUT2D eigenvalue weighted by Crippen LogP contribution is -2.30. The minimum absolute atomic E-state index is 0. The van der Waals surface area contributed by atoms with Gasteiger partial charge in [-0.05, 0) is 50.6 Å². The molecule has 0 spiro atoms. The van der Waals surface area contributed by atoms with Crippen LogP contribution in [0.4, 0.5) is 0 Å². The van der Waals surface area contributed by atoms with Gasteiger partial charge in [0, 0.05) is 13.7 Å². The van der Waals surface area contributed by atoms with E-state index in [-0.39, 0.29) is 18.3 Å². The SMILES string of the molecule is COCCOc1cccc(CNC(=O)c2nnn(C3CCNCC3)c2C)c1.Cl. The van der Waals surface area contributed by atoms with Gasteiger partial charge in [-0.25, -0.2) is 4.68 Å².